The normalized spacial score (nSPS) is 10.6. The van der Waals surface area contributed by atoms with Crippen LogP contribution in [0.5, 0.6) is 5.75 Å². The Hall–Kier alpha value is -2.56. The summed E-state index contributed by atoms with van der Waals surface area (Å²) in [5.41, 5.74) is 0.923. The number of carbonyl (C=O) groups is 1. The maximum absolute atomic E-state index is 11.6. The number of esters is 1. The first-order valence-electron chi connectivity index (χ1n) is 5.72. The molecule has 0 radical (unpaired) electrons. The zero-order chi connectivity index (χ0) is 13.7. The Balaban J connectivity index is 2.01. The van der Waals surface area contributed by atoms with Crippen LogP contribution in [0.2, 0.25) is 0 Å². The van der Waals surface area contributed by atoms with Crippen LogP contribution in [0.4, 0.5) is 0 Å². The molecular formula is C14H14N2O3. The van der Waals surface area contributed by atoms with Crippen molar-refractivity contribution in [3.05, 3.63) is 54.0 Å². The first kappa shape index (κ1) is 12.9. The van der Waals surface area contributed by atoms with Crippen molar-refractivity contribution in [3.63, 3.8) is 0 Å². The minimum Gasteiger partial charge on any atom is -0.457 e. The maximum Gasteiger partial charge on any atom is 0.379 e. The first-order valence-corrected chi connectivity index (χ1v) is 5.72. The standard InChI is InChI=1S/C14H14N2O3/c1-16(2)15-10-11-5-7-12(8-6-11)19-14(17)13-4-3-9-18-13/h3-10H,1-2H3/b15-10+. The van der Waals surface area contributed by atoms with E-state index in [1.807, 2.05) is 26.2 Å². The number of ether oxygens (including phenoxy) is 1. The molecule has 1 aromatic heterocycles. The predicted molar refractivity (Wildman–Crippen MR) is 71.4 cm³/mol. The summed E-state index contributed by atoms with van der Waals surface area (Å²) in [4.78, 5) is 11.6. The summed E-state index contributed by atoms with van der Waals surface area (Å²) >= 11 is 0. The molecule has 2 rings (SSSR count). The molecule has 0 saturated heterocycles. The molecular weight excluding hydrogens is 244 g/mol. The fraction of sp³-hybridized carbons (Fsp3) is 0.143. The number of furan rings is 1. The average molecular weight is 258 g/mol. The quantitative estimate of drug-likeness (QED) is 0.366. The van der Waals surface area contributed by atoms with Gasteiger partial charge in [0.05, 0.1) is 12.5 Å². The van der Waals surface area contributed by atoms with Crippen molar-refractivity contribution in [2.45, 2.75) is 0 Å². The molecule has 1 heterocycles. The van der Waals surface area contributed by atoms with E-state index in [2.05, 4.69) is 5.10 Å². The summed E-state index contributed by atoms with van der Waals surface area (Å²) in [6.07, 6.45) is 3.15. The monoisotopic (exact) mass is 258 g/mol. The van der Waals surface area contributed by atoms with E-state index in [0.29, 0.717) is 5.75 Å². The Morgan fingerprint density at radius 1 is 1.26 bits per heavy atom. The third kappa shape index (κ3) is 3.70. The molecule has 0 unspecified atom stereocenters. The molecule has 2 aromatic rings. The van der Waals surface area contributed by atoms with Crippen LogP contribution in [0.3, 0.4) is 0 Å². The molecule has 0 aliphatic heterocycles. The fourth-order valence-electron chi connectivity index (χ4n) is 1.36. The van der Waals surface area contributed by atoms with E-state index in [0.717, 1.165) is 5.56 Å². The number of hydrazone groups is 1. The summed E-state index contributed by atoms with van der Waals surface area (Å²) in [5.74, 6) is 0.126. The molecule has 1 aromatic carbocycles. The molecule has 5 heteroatoms. The molecule has 0 amide bonds. The van der Waals surface area contributed by atoms with Gasteiger partial charge in [-0.1, -0.05) is 0 Å². The average Bonchev–Trinajstić information content (AvgIpc) is 2.92. The molecule has 0 N–H and O–H groups in total. The van der Waals surface area contributed by atoms with E-state index >= 15 is 0 Å². The van der Waals surface area contributed by atoms with Gasteiger partial charge < -0.3 is 14.2 Å². The van der Waals surface area contributed by atoms with E-state index in [1.54, 1.807) is 35.5 Å². The van der Waals surface area contributed by atoms with Crippen LogP contribution >= 0.6 is 0 Å². The van der Waals surface area contributed by atoms with Gasteiger partial charge in [0, 0.05) is 14.1 Å². The van der Waals surface area contributed by atoms with Crippen LogP contribution in [-0.2, 0) is 0 Å². The second-order valence-corrected chi connectivity index (χ2v) is 4.03. The van der Waals surface area contributed by atoms with Crippen LogP contribution in [0.25, 0.3) is 0 Å². The van der Waals surface area contributed by atoms with Crippen molar-refractivity contribution in [3.8, 4) is 5.75 Å². The van der Waals surface area contributed by atoms with Gasteiger partial charge in [0.25, 0.3) is 0 Å². The van der Waals surface area contributed by atoms with Gasteiger partial charge in [0.2, 0.25) is 5.76 Å². The SMILES string of the molecule is CN(C)/N=C/c1ccc(OC(=O)c2ccco2)cc1. The fourth-order valence-corrected chi connectivity index (χ4v) is 1.36. The van der Waals surface area contributed by atoms with Gasteiger partial charge in [-0.05, 0) is 42.0 Å². The van der Waals surface area contributed by atoms with Gasteiger partial charge in [0.1, 0.15) is 5.75 Å². The van der Waals surface area contributed by atoms with Crippen LogP contribution in [0.1, 0.15) is 16.1 Å². The number of hydrogen-bond acceptors (Lipinski definition) is 5. The van der Waals surface area contributed by atoms with Crippen LogP contribution < -0.4 is 4.74 Å². The molecule has 19 heavy (non-hydrogen) atoms. The van der Waals surface area contributed by atoms with E-state index in [1.165, 1.54) is 6.26 Å². The highest BCUT2D eigenvalue weighted by molar-refractivity contribution is 5.88. The summed E-state index contributed by atoms with van der Waals surface area (Å²) in [7, 11) is 3.69. The number of benzene rings is 1. The lowest BCUT2D eigenvalue weighted by Crippen LogP contribution is -2.07. The number of hydrogen-bond donors (Lipinski definition) is 0. The largest absolute Gasteiger partial charge is 0.457 e. The minimum atomic E-state index is -0.514. The highest BCUT2D eigenvalue weighted by Gasteiger charge is 2.10. The summed E-state index contributed by atoms with van der Waals surface area (Å²) in [5, 5.41) is 5.81. The molecule has 98 valence electrons. The highest BCUT2D eigenvalue weighted by Crippen LogP contribution is 2.13. The minimum absolute atomic E-state index is 0.179. The third-order valence-electron chi connectivity index (χ3n) is 2.25. The Labute approximate surface area is 111 Å². The van der Waals surface area contributed by atoms with Crippen molar-refractivity contribution in [2.75, 3.05) is 14.1 Å². The summed E-state index contributed by atoms with van der Waals surface area (Å²) < 4.78 is 10.1. The number of nitrogens with zero attached hydrogens (tertiary/aromatic N) is 2. The van der Waals surface area contributed by atoms with E-state index < -0.39 is 5.97 Å². The lowest BCUT2D eigenvalue weighted by atomic mass is 10.2. The molecule has 0 aliphatic rings. The van der Waals surface area contributed by atoms with Crippen molar-refractivity contribution in [1.82, 2.24) is 5.01 Å². The van der Waals surface area contributed by atoms with Crippen LogP contribution in [-0.4, -0.2) is 31.3 Å². The van der Waals surface area contributed by atoms with Gasteiger partial charge in [-0.25, -0.2) is 4.79 Å². The predicted octanol–water partition coefficient (Wildman–Crippen LogP) is 2.39. The second kappa shape index (κ2) is 5.86. The first-order chi connectivity index (χ1) is 9.15. The second-order valence-electron chi connectivity index (χ2n) is 4.03. The highest BCUT2D eigenvalue weighted by atomic mass is 16.5. The smallest absolute Gasteiger partial charge is 0.379 e. The summed E-state index contributed by atoms with van der Waals surface area (Å²) in [6.45, 7) is 0. The molecule has 0 spiro atoms. The number of carbonyl (C=O) groups excluding carboxylic acids is 1. The van der Waals surface area contributed by atoms with E-state index in [-0.39, 0.29) is 5.76 Å². The van der Waals surface area contributed by atoms with Crippen molar-refractivity contribution in [1.29, 1.82) is 0 Å². The van der Waals surface area contributed by atoms with Crippen molar-refractivity contribution >= 4 is 12.2 Å². The van der Waals surface area contributed by atoms with Gasteiger partial charge in [-0.15, -0.1) is 0 Å². The van der Waals surface area contributed by atoms with Crippen LogP contribution in [0.15, 0.2) is 52.2 Å². The Kier molecular flexibility index (Phi) is 3.97. The van der Waals surface area contributed by atoms with E-state index in [9.17, 15) is 4.79 Å². The van der Waals surface area contributed by atoms with E-state index in [4.69, 9.17) is 9.15 Å². The van der Waals surface area contributed by atoms with Gasteiger partial charge in [-0.3, -0.25) is 0 Å². The van der Waals surface area contributed by atoms with Gasteiger partial charge in [-0.2, -0.15) is 5.10 Å². The molecule has 0 bridgehead atoms. The lowest BCUT2D eigenvalue weighted by Gasteiger charge is -2.04. The topological polar surface area (TPSA) is 55.0 Å². The maximum atomic E-state index is 11.6. The van der Waals surface area contributed by atoms with Crippen LogP contribution in [0, 0.1) is 0 Å². The van der Waals surface area contributed by atoms with Gasteiger partial charge >= 0.3 is 5.97 Å². The molecule has 0 fully saturated rings. The lowest BCUT2D eigenvalue weighted by molar-refractivity contribution is 0.0701. The van der Waals surface area contributed by atoms with Crippen molar-refractivity contribution < 1.29 is 13.9 Å². The Bertz CT molecular complexity index is 557. The molecule has 5 nitrogen and oxygen atoms in total. The van der Waals surface area contributed by atoms with Crippen molar-refractivity contribution in [2.24, 2.45) is 5.10 Å². The van der Waals surface area contributed by atoms with Gasteiger partial charge in [0.15, 0.2) is 0 Å². The zero-order valence-corrected chi connectivity index (χ0v) is 10.7. The summed E-state index contributed by atoms with van der Waals surface area (Å²) in [6, 6.07) is 10.2. The molecule has 0 saturated carbocycles. The molecule has 0 aliphatic carbocycles. The Morgan fingerprint density at radius 3 is 2.58 bits per heavy atom. The third-order valence-corrected chi connectivity index (χ3v) is 2.25. The Morgan fingerprint density at radius 2 is 2.00 bits per heavy atom. The molecule has 0 atom stereocenters. The zero-order valence-electron chi connectivity index (χ0n) is 10.7. The number of rotatable bonds is 4.